The number of halogens is 3. The molecule has 0 spiro atoms. The van der Waals surface area contributed by atoms with Crippen molar-refractivity contribution in [3.05, 3.63) is 75.2 Å². The van der Waals surface area contributed by atoms with Gasteiger partial charge in [-0.2, -0.15) is 9.78 Å². The minimum atomic E-state index is -0.984. The van der Waals surface area contributed by atoms with Gasteiger partial charge in [0, 0.05) is 18.7 Å². The third kappa shape index (κ3) is 4.52. The molecule has 0 aliphatic heterocycles. The molecule has 1 heterocycles. The monoisotopic (exact) mass is 437 g/mol. The van der Waals surface area contributed by atoms with E-state index in [2.05, 4.69) is 10.4 Å². The van der Waals surface area contributed by atoms with Crippen LogP contribution in [0.2, 0.25) is 5.02 Å². The molecule has 1 aromatic heterocycles. The molecule has 0 saturated heterocycles. The van der Waals surface area contributed by atoms with E-state index < -0.39 is 23.3 Å². The van der Waals surface area contributed by atoms with E-state index in [1.165, 1.54) is 20.4 Å². The standard InChI is InChI=1S/C20H18ClF2N3O4/c1-29-13-5-11(6-14(8-13)30-2)18(27)10-24-16-9-25-26(20(28)19(16)21)17-4-3-12(22)7-15(17)23/h3-9,18,24,27H,10H2,1-2H3. The SMILES string of the molecule is COc1cc(OC)cc(C(O)CNc2cnn(-c3ccc(F)cc3F)c(=O)c2Cl)c1. The number of hydrogen-bond donors (Lipinski definition) is 2. The topological polar surface area (TPSA) is 85.6 Å². The highest BCUT2D eigenvalue weighted by molar-refractivity contribution is 6.32. The van der Waals surface area contributed by atoms with Gasteiger partial charge >= 0.3 is 0 Å². The average molecular weight is 438 g/mol. The van der Waals surface area contributed by atoms with Crippen LogP contribution < -0.4 is 20.3 Å². The zero-order chi connectivity index (χ0) is 21.8. The molecule has 10 heteroatoms. The van der Waals surface area contributed by atoms with Crippen molar-refractivity contribution in [2.75, 3.05) is 26.1 Å². The number of aliphatic hydroxyl groups excluding tert-OH is 1. The quantitative estimate of drug-likeness (QED) is 0.589. The molecule has 158 valence electrons. The van der Waals surface area contributed by atoms with Crippen molar-refractivity contribution in [2.24, 2.45) is 0 Å². The highest BCUT2D eigenvalue weighted by Gasteiger charge is 2.16. The first-order chi connectivity index (χ1) is 14.3. The molecule has 1 unspecified atom stereocenters. The Morgan fingerprint density at radius 1 is 1.17 bits per heavy atom. The summed E-state index contributed by atoms with van der Waals surface area (Å²) in [5.74, 6) is -0.723. The van der Waals surface area contributed by atoms with Crippen LogP contribution in [0.25, 0.3) is 5.69 Å². The van der Waals surface area contributed by atoms with Crippen molar-refractivity contribution in [3.63, 3.8) is 0 Å². The van der Waals surface area contributed by atoms with Gasteiger partial charge in [0.15, 0.2) is 5.82 Å². The lowest BCUT2D eigenvalue weighted by Gasteiger charge is -2.16. The first-order valence-electron chi connectivity index (χ1n) is 8.72. The smallest absolute Gasteiger partial charge is 0.292 e. The van der Waals surface area contributed by atoms with Crippen LogP contribution in [0.15, 0.2) is 47.4 Å². The maximum Gasteiger partial charge on any atom is 0.292 e. The minimum Gasteiger partial charge on any atom is -0.497 e. The number of methoxy groups -OCH3 is 2. The van der Waals surface area contributed by atoms with Crippen LogP contribution in [-0.4, -0.2) is 35.7 Å². The second kappa shape index (κ2) is 9.10. The Bertz CT molecular complexity index is 1100. The fourth-order valence-corrected chi connectivity index (χ4v) is 2.92. The predicted octanol–water partition coefficient (Wildman–Crippen LogP) is 3.33. The van der Waals surface area contributed by atoms with E-state index in [4.69, 9.17) is 21.1 Å². The highest BCUT2D eigenvalue weighted by atomic mass is 35.5. The van der Waals surface area contributed by atoms with Gasteiger partial charge in [-0.05, 0) is 29.8 Å². The fourth-order valence-electron chi connectivity index (χ4n) is 2.73. The Morgan fingerprint density at radius 3 is 2.43 bits per heavy atom. The summed E-state index contributed by atoms with van der Waals surface area (Å²) in [5.41, 5.74) is -0.373. The number of aromatic nitrogens is 2. The summed E-state index contributed by atoms with van der Waals surface area (Å²) >= 11 is 6.10. The van der Waals surface area contributed by atoms with Crippen molar-refractivity contribution in [1.29, 1.82) is 0 Å². The van der Waals surface area contributed by atoms with Crippen LogP contribution in [0.5, 0.6) is 11.5 Å². The maximum absolute atomic E-state index is 14.0. The van der Waals surface area contributed by atoms with Crippen molar-refractivity contribution in [2.45, 2.75) is 6.10 Å². The molecule has 0 aliphatic rings. The normalized spacial score (nSPS) is 11.8. The molecule has 3 rings (SSSR count). The number of nitrogens with zero attached hydrogens (tertiary/aromatic N) is 2. The van der Waals surface area contributed by atoms with Gasteiger partial charge < -0.3 is 19.9 Å². The van der Waals surface area contributed by atoms with E-state index in [0.717, 1.165) is 16.8 Å². The molecular formula is C20H18ClF2N3O4. The Hall–Kier alpha value is -3.17. The molecular weight excluding hydrogens is 420 g/mol. The molecule has 0 amide bonds. The van der Waals surface area contributed by atoms with Gasteiger partial charge in [0.05, 0.1) is 32.2 Å². The lowest BCUT2D eigenvalue weighted by Crippen LogP contribution is -2.24. The maximum atomic E-state index is 14.0. The average Bonchev–Trinajstić information content (AvgIpc) is 2.74. The Morgan fingerprint density at radius 2 is 1.83 bits per heavy atom. The number of benzene rings is 2. The van der Waals surface area contributed by atoms with Gasteiger partial charge in [0.25, 0.3) is 5.56 Å². The fraction of sp³-hybridized carbons (Fsp3) is 0.200. The van der Waals surface area contributed by atoms with Crippen LogP contribution in [0.4, 0.5) is 14.5 Å². The van der Waals surface area contributed by atoms with Gasteiger partial charge in [-0.25, -0.2) is 8.78 Å². The molecule has 2 aromatic carbocycles. The Balaban J connectivity index is 1.81. The number of ether oxygens (including phenoxy) is 2. The van der Waals surface area contributed by atoms with Crippen LogP contribution in [0.1, 0.15) is 11.7 Å². The Labute approximate surface area is 175 Å². The van der Waals surface area contributed by atoms with Crippen LogP contribution in [0.3, 0.4) is 0 Å². The number of nitrogens with one attached hydrogen (secondary N) is 1. The second-order valence-electron chi connectivity index (χ2n) is 6.23. The first-order valence-corrected chi connectivity index (χ1v) is 9.10. The molecule has 3 aromatic rings. The second-order valence-corrected chi connectivity index (χ2v) is 6.61. The number of aliphatic hydroxyl groups is 1. The summed E-state index contributed by atoms with van der Waals surface area (Å²) < 4.78 is 38.1. The summed E-state index contributed by atoms with van der Waals surface area (Å²) in [5, 5.41) is 16.9. The predicted molar refractivity (Wildman–Crippen MR) is 108 cm³/mol. The summed E-state index contributed by atoms with van der Waals surface area (Å²) in [6, 6.07) is 7.68. The van der Waals surface area contributed by atoms with E-state index in [1.807, 2.05) is 0 Å². The van der Waals surface area contributed by atoms with E-state index in [1.54, 1.807) is 18.2 Å². The van der Waals surface area contributed by atoms with Crippen LogP contribution in [0, 0.1) is 11.6 Å². The third-order valence-corrected chi connectivity index (χ3v) is 4.67. The van der Waals surface area contributed by atoms with E-state index in [0.29, 0.717) is 23.1 Å². The molecule has 0 aliphatic carbocycles. The molecule has 2 N–H and O–H groups in total. The number of rotatable bonds is 7. The summed E-state index contributed by atoms with van der Waals surface area (Å²) in [4.78, 5) is 12.5. The Kier molecular flexibility index (Phi) is 6.53. The first kappa shape index (κ1) is 21.5. The molecule has 0 bridgehead atoms. The lowest BCUT2D eigenvalue weighted by atomic mass is 10.1. The molecule has 0 saturated carbocycles. The van der Waals surface area contributed by atoms with Gasteiger partial charge in [0.1, 0.15) is 28.0 Å². The molecule has 0 fully saturated rings. The summed E-state index contributed by atoms with van der Waals surface area (Å²) in [7, 11) is 2.99. The highest BCUT2D eigenvalue weighted by Crippen LogP contribution is 2.27. The van der Waals surface area contributed by atoms with Gasteiger partial charge in [-0.1, -0.05) is 11.6 Å². The van der Waals surface area contributed by atoms with Crippen LogP contribution >= 0.6 is 11.6 Å². The number of hydrogen-bond acceptors (Lipinski definition) is 6. The van der Waals surface area contributed by atoms with Crippen molar-refractivity contribution < 1.29 is 23.4 Å². The minimum absolute atomic E-state index is 0.00785. The van der Waals surface area contributed by atoms with Gasteiger partial charge in [-0.15, -0.1) is 0 Å². The van der Waals surface area contributed by atoms with E-state index >= 15 is 0 Å². The largest absolute Gasteiger partial charge is 0.497 e. The zero-order valence-electron chi connectivity index (χ0n) is 16.0. The summed E-state index contributed by atoms with van der Waals surface area (Å²) in [6.45, 7) is -0.00785. The van der Waals surface area contributed by atoms with Gasteiger partial charge in [0.2, 0.25) is 0 Å². The van der Waals surface area contributed by atoms with E-state index in [9.17, 15) is 18.7 Å². The van der Waals surface area contributed by atoms with Crippen molar-refractivity contribution in [3.8, 4) is 17.2 Å². The molecule has 1 atom stereocenters. The van der Waals surface area contributed by atoms with E-state index in [-0.39, 0.29) is 22.9 Å². The molecule has 7 nitrogen and oxygen atoms in total. The van der Waals surface area contributed by atoms with Crippen molar-refractivity contribution in [1.82, 2.24) is 9.78 Å². The zero-order valence-corrected chi connectivity index (χ0v) is 16.8. The lowest BCUT2D eigenvalue weighted by molar-refractivity contribution is 0.190. The molecule has 30 heavy (non-hydrogen) atoms. The van der Waals surface area contributed by atoms with Crippen LogP contribution in [-0.2, 0) is 0 Å². The molecule has 0 radical (unpaired) electrons. The van der Waals surface area contributed by atoms with Gasteiger partial charge in [-0.3, -0.25) is 4.79 Å². The number of anilines is 1. The summed E-state index contributed by atoms with van der Waals surface area (Å²) in [6.07, 6.45) is 0.229. The third-order valence-electron chi connectivity index (χ3n) is 4.30. The van der Waals surface area contributed by atoms with Crippen molar-refractivity contribution >= 4 is 17.3 Å².